The second kappa shape index (κ2) is 10.8. The molecule has 1 saturated carbocycles. The first-order valence-electron chi connectivity index (χ1n) is 8.82. The number of unbranched alkanes of at least 4 members (excludes halogenated alkanes) is 2. The zero-order valence-electron chi connectivity index (χ0n) is 13.8. The Kier molecular flexibility index (Phi) is 9.36. The van der Waals surface area contributed by atoms with Crippen molar-refractivity contribution in [2.24, 2.45) is 17.8 Å². The van der Waals surface area contributed by atoms with Gasteiger partial charge in [0, 0.05) is 12.3 Å². The summed E-state index contributed by atoms with van der Waals surface area (Å²) < 4.78 is 4.94. The molecule has 3 nitrogen and oxygen atoms in total. The molecule has 122 valence electrons. The number of esters is 1. The Labute approximate surface area is 129 Å². The van der Waals surface area contributed by atoms with Gasteiger partial charge in [-0.2, -0.15) is 0 Å². The number of rotatable bonds is 10. The molecule has 3 heteroatoms. The van der Waals surface area contributed by atoms with Gasteiger partial charge in [0.25, 0.3) is 0 Å². The fraction of sp³-hybridized carbons (Fsp3) is 0.889. The summed E-state index contributed by atoms with van der Waals surface area (Å²) in [6.07, 6.45) is 12.3. The molecule has 1 unspecified atom stereocenters. The maximum Gasteiger partial charge on any atom is 0.305 e. The largest absolute Gasteiger partial charge is 0.466 e. The average Bonchev–Trinajstić information content (AvgIpc) is 2.50. The Balaban J connectivity index is 2.26. The highest BCUT2D eigenvalue weighted by molar-refractivity contribution is 5.70. The third-order valence-corrected chi connectivity index (χ3v) is 4.87. The molecule has 0 N–H and O–H groups in total. The van der Waals surface area contributed by atoms with Gasteiger partial charge < -0.3 is 9.53 Å². The van der Waals surface area contributed by atoms with E-state index in [1.54, 1.807) is 0 Å². The lowest BCUT2D eigenvalue weighted by Crippen LogP contribution is -2.23. The molecular formula is C18H32O3. The molecule has 21 heavy (non-hydrogen) atoms. The third kappa shape index (κ3) is 7.10. The van der Waals surface area contributed by atoms with Crippen LogP contribution in [-0.4, -0.2) is 18.9 Å². The van der Waals surface area contributed by atoms with Crippen LogP contribution in [0.4, 0.5) is 0 Å². The van der Waals surface area contributed by atoms with Gasteiger partial charge in [-0.15, -0.1) is 0 Å². The van der Waals surface area contributed by atoms with E-state index in [1.165, 1.54) is 38.5 Å². The molecule has 0 radical (unpaired) electrons. The molecule has 0 aromatic heterocycles. The van der Waals surface area contributed by atoms with Crippen LogP contribution >= 0.6 is 0 Å². The van der Waals surface area contributed by atoms with E-state index in [1.807, 2.05) is 6.92 Å². The maximum atomic E-state index is 11.4. The zero-order valence-corrected chi connectivity index (χ0v) is 13.8. The van der Waals surface area contributed by atoms with Crippen LogP contribution < -0.4 is 0 Å². The standard InChI is InChI=1S/C18H32O3/c1-3-5-6-7-15-8-10-16(11-9-15)17(14-19)12-13-18(20)21-4-2/h14-17H,3-13H2,1-2H3. The average molecular weight is 296 g/mol. The lowest BCUT2D eigenvalue weighted by atomic mass is 9.74. The van der Waals surface area contributed by atoms with E-state index < -0.39 is 0 Å². The van der Waals surface area contributed by atoms with Crippen LogP contribution in [-0.2, 0) is 14.3 Å². The molecule has 0 spiro atoms. The number of hydrogen-bond acceptors (Lipinski definition) is 3. The minimum atomic E-state index is -0.169. The summed E-state index contributed by atoms with van der Waals surface area (Å²) in [5.41, 5.74) is 0. The number of carbonyl (C=O) groups is 2. The van der Waals surface area contributed by atoms with Crippen LogP contribution in [0.1, 0.15) is 78.1 Å². The van der Waals surface area contributed by atoms with E-state index in [4.69, 9.17) is 4.74 Å². The summed E-state index contributed by atoms with van der Waals surface area (Å²) in [4.78, 5) is 22.7. The van der Waals surface area contributed by atoms with Gasteiger partial charge in [0.1, 0.15) is 6.29 Å². The molecule has 0 aromatic carbocycles. The number of ether oxygens (including phenoxy) is 1. The summed E-state index contributed by atoms with van der Waals surface area (Å²) in [5.74, 6) is 1.23. The van der Waals surface area contributed by atoms with Crippen molar-refractivity contribution in [3.8, 4) is 0 Å². The molecule has 0 aromatic rings. The van der Waals surface area contributed by atoms with E-state index >= 15 is 0 Å². The molecule has 0 bridgehead atoms. The molecule has 1 aliphatic rings. The molecule has 0 heterocycles. The van der Waals surface area contributed by atoms with E-state index in [9.17, 15) is 9.59 Å². The molecule has 1 atom stereocenters. The van der Waals surface area contributed by atoms with Gasteiger partial charge in [0.2, 0.25) is 0 Å². The van der Waals surface area contributed by atoms with E-state index in [2.05, 4.69) is 6.92 Å². The van der Waals surface area contributed by atoms with Gasteiger partial charge >= 0.3 is 5.97 Å². The van der Waals surface area contributed by atoms with Crippen molar-refractivity contribution in [3.63, 3.8) is 0 Å². The Bertz CT molecular complexity index is 293. The van der Waals surface area contributed by atoms with E-state index in [-0.39, 0.29) is 11.9 Å². The molecule has 0 amide bonds. The fourth-order valence-corrected chi connectivity index (χ4v) is 3.52. The minimum absolute atomic E-state index is 0.0472. The molecule has 1 fully saturated rings. The predicted octanol–water partition coefficient (Wildman–Crippen LogP) is 4.53. The van der Waals surface area contributed by atoms with Crippen molar-refractivity contribution in [3.05, 3.63) is 0 Å². The molecule has 0 saturated heterocycles. The fourth-order valence-electron chi connectivity index (χ4n) is 3.52. The molecule has 1 rings (SSSR count). The van der Waals surface area contributed by atoms with Gasteiger partial charge in [-0.1, -0.05) is 45.4 Å². The zero-order chi connectivity index (χ0) is 15.5. The maximum absolute atomic E-state index is 11.4. The predicted molar refractivity (Wildman–Crippen MR) is 85.0 cm³/mol. The monoisotopic (exact) mass is 296 g/mol. The SMILES string of the molecule is CCCCCC1CCC(C(C=O)CCC(=O)OCC)CC1. The summed E-state index contributed by atoms with van der Waals surface area (Å²) >= 11 is 0. The first kappa shape index (κ1) is 18.2. The van der Waals surface area contributed by atoms with E-state index in [0.29, 0.717) is 25.4 Å². The minimum Gasteiger partial charge on any atom is -0.466 e. The van der Waals surface area contributed by atoms with Crippen LogP contribution in [0.5, 0.6) is 0 Å². The normalized spacial score (nSPS) is 23.5. The van der Waals surface area contributed by atoms with Crippen molar-refractivity contribution in [1.29, 1.82) is 0 Å². The number of hydrogen-bond donors (Lipinski definition) is 0. The van der Waals surface area contributed by atoms with Gasteiger partial charge in [-0.25, -0.2) is 0 Å². The van der Waals surface area contributed by atoms with E-state index in [0.717, 1.165) is 25.0 Å². The van der Waals surface area contributed by atoms with Crippen LogP contribution in [0.25, 0.3) is 0 Å². The topological polar surface area (TPSA) is 43.4 Å². The highest BCUT2D eigenvalue weighted by Gasteiger charge is 2.27. The Hall–Kier alpha value is -0.860. The Morgan fingerprint density at radius 1 is 1.19 bits per heavy atom. The van der Waals surface area contributed by atoms with Gasteiger partial charge in [0.05, 0.1) is 6.61 Å². The van der Waals surface area contributed by atoms with Crippen LogP contribution in [0.3, 0.4) is 0 Å². The lowest BCUT2D eigenvalue weighted by Gasteiger charge is -2.31. The quantitative estimate of drug-likeness (QED) is 0.338. The van der Waals surface area contributed by atoms with Gasteiger partial charge in [-0.3, -0.25) is 4.79 Å². The highest BCUT2D eigenvalue weighted by atomic mass is 16.5. The number of aldehydes is 1. The first-order chi connectivity index (χ1) is 10.2. The Morgan fingerprint density at radius 3 is 2.48 bits per heavy atom. The van der Waals surface area contributed by atoms with Crippen molar-refractivity contribution >= 4 is 12.3 Å². The van der Waals surface area contributed by atoms with Crippen LogP contribution in [0.2, 0.25) is 0 Å². The molecule has 0 aliphatic heterocycles. The number of carbonyl (C=O) groups excluding carboxylic acids is 2. The lowest BCUT2D eigenvalue weighted by molar-refractivity contribution is -0.143. The van der Waals surface area contributed by atoms with Crippen molar-refractivity contribution in [2.45, 2.75) is 78.1 Å². The van der Waals surface area contributed by atoms with Crippen molar-refractivity contribution in [2.75, 3.05) is 6.61 Å². The first-order valence-corrected chi connectivity index (χ1v) is 8.82. The van der Waals surface area contributed by atoms with Crippen LogP contribution in [0.15, 0.2) is 0 Å². The van der Waals surface area contributed by atoms with Gasteiger partial charge in [-0.05, 0) is 38.0 Å². The summed E-state index contributed by atoms with van der Waals surface area (Å²) in [5, 5.41) is 0. The summed E-state index contributed by atoms with van der Waals surface area (Å²) in [6.45, 7) is 4.48. The van der Waals surface area contributed by atoms with Crippen molar-refractivity contribution < 1.29 is 14.3 Å². The molecular weight excluding hydrogens is 264 g/mol. The molecule has 1 aliphatic carbocycles. The van der Waals surface area contributed by atoms with Gasteiger partial charge in [0.15, 0.2) is 0 Å². The Morgan fingerprint density at radius 2 is 1.90 bits per heavy atom. The second-order valence-electron chi connectivity index (χ2n) is 6.42. The van der Waals surface area contributed by atoms with Crippen molar-refractivity contribution in [1.82, 2.24) is 0 Å². The second-order valence-corrected chi connectivity index (χ2v) is 6.42. The third-order valence-electron chi connectivity index (χ3n) is 4.87. The highest BCUT2D eigenvalue weighted by Crippen LogP contribution is 2.36. The van der Waals surface area contributed by atoms with Crippen LogP contribution in [0, 0.1) is 17.8 Å². The summed E-state index contributed by atoms with van der Waals surface area (Å²) in [7, 11) is 0. The summed E-state index contributed by atoms with van der Waals surface area (Å²) in [6, 6.07) is 0. The smallest absolute Gasteiger partial charge is 0.305 e.